The van der Waals surface area contributed by atoms with Crippen LogP contribution in [0.3, 0.4) is 0 Å². The molecular weight excluding hydrogens is 310 g/mol. The molecule has 2 N–H and O–H groups in total. The van der Waals surface area contributed by atoms with E-state index >= 15 is 0 Å². The van der Waals surface area contributed by atoms with Gasteiger partial charge in [-0.25, -0.2) is 9.97 Å². The fraction of sp³-hybridized carbons (Fsp3) is 0.455. The molecule has 0 amide bonds. The molecule has 2 heterocycles. The zero-order valence-electron chi connectivity index (χ0n) is 10.7. The molecule has 2 rings (SSSR count). The third kappa shape index (κ3) is 3.88. The first-order valence-corrected chi connectivity index (χ1v) is 6.93. The monoisotopic (exact) mass is 325 g/mol. The van der Waals surface area contributed by atoms with E-state index < -0.39 is 0 Å². The van der Waals surface area contributed by atoms with Crippen LogP contribution >= 0.6 is 15.9 Å². The molecule has 0 radical (unpaired) electrons. The van der Waals surface area contributed by atoms with Gasteiger partial charge < -0.3 is 10.6 Å². The Hall–Kier alpha value is -1.70. The van der Waals surface area contributed by atoms with E-state index in [1.54, 1.807) is 17.2 Å². The topological polar surface area (TPSA) is 80.5 Å². The summed E-state index contributed by atoms with van der Waals surface area (Å²) < 4.78 is 2.61. The van der Waals surface area contributed by atoms with E-state index in [1.165, 1.54) is 0 Å². The summed E-state index contributed by atoms with van der Waals surface area (Å²) in [5.41, 5.74) is 0. The van der Waals surface area contributed by atoms with Crippen molar-refractivity contribution < 1.29 is 0 Å². The van der Waals surface area contributed by atoms with Crippen LogP contribution in [0, 0.1) is 0 Å². The van der Waals surface area contributed by atoms with E-state index in [4.69, 9.17) is 0 Å². The van der Waals surface area contributed by atoms with Crippen LogP contribution in [0.2, 0.25) is 0 Å². The van der Waals surface area contributed by atoms with Crippen LogP contribution in [0.25, 0.3) is 0 Å². The van der Waals surface area contributed by atoms with Crippen molar-refractivity contribution in [3.63, 3.8) is 0 Å². The van der Waals surface area contributed by atoms with Crippen molar-refractivity contribution in [2.24, 2.45) is 0 Å². The molecule has 0 aliphatic carbocycles. The summed E-state index contributed by atoms with van der Waals surface area (Å²) in [5, 5.41) is 14.1. The average molecular weight is 326 g/mol. The number of hydrogen-bond donors (Lipinski definition) is 2. The minimum atomic E-state index is 0.714. The van der Waals surface area contributed by atoms with Gasteiger partial charge in [-0.15, -0.1) is 5.10 Å². The Morgan fingerprint density at radius 2 is 1.95 bits per heavy atom. The zero-order valence-corrected chi connectivity index (χ0v) is 12.3. The molecule has 0 spiro atoms. The maximum absolute atomic E-state index is 4.21. The quantitative estimate of drug-likeness (QED) is 0.807. The van der Waals surface area contributed by atoms with E-state index in [0.29, 0.717) is 6.54 Å². The minimum Gasteiger partial charge on any atom is -0.369 e. The third-order valence-electron chi connectivity index (χ3n) is 2.44. The number of halogens is 1. The van der Waals surface area contributed by atoms with Gasteiger partial charge in [0, 0.05) is 19.3 Å². The van der Waals surface area contributed by atoms with Crippen LogP contribution in [-0.4, -0.2) is 38.1 Å². The minimum absolute atomic E-state index is 0.714. The van der Waals surface area contributed by atoms with Crippen LogP contribution in [0.5, 0.6) is 0 Å². The lowest BCUT2D eigenvalue weighted by molar-refractivity contribution is 0.608. The van der Waals surface area contributed by atoms with Gasteiger partial charge in [0.25, 0.3) is 0 Å². The molecule has 0 aliphatic heterocycles. The lowest BCUT2D eigenvalue weighted by Gasteiger charge is -2.11. The van der Waals surface area contributed by atoms with Crippen LogP contribution < -0.4 is 10.6 Å². The fourth-order valence-electron chi connectivity index (χ4n) is 1.50. The Kier molecular flexibility index (Phi) is 5.08. The van der Waals surface area contributed by atoms with Crippen molar-refractivity contribution in [3.05, 3.63) is 23.2 Å². The highest BCUT2D eigenvalue weighted by Crippen LogP contribution is 2.26. The maximum Gasteiger partial charge on any atom is 0.146 e. The first-order chi connectivity index (χ1) is 9.31. The van der Waals surface area contributed by atoms with E-state index in [0.717, 1.165) is 35.6 Å². The molecule has 0 fully saturated rings. The summed E-state index contributed by atoms with van der Waals surface area (Å²) in [7, 11) is 0. The van der Waals surface area contributed by atoms with Crippen molar-refractivity contribution in [2.75, 3.05) is 23.7 Å². The van der Waals surface area contributed by atoms with Gasteiger partial charge in [0.2, 0.25) is 0 Å². The van der Waals surface area contributed by atoms with Crippen LogP contribution in [0.15, 0.2) is 23.2 Å². The van der Waals surface area contributed by atoms with Crippen molar-refractivity contribution in [3.8, 4) is 0 Å². The number of anilines is 2. The third-order valence-corrected chi connectivity index (χ3v) is 3.19. The first kappa shape index (κ1) is 13.7. The number of nitrogens with zero attached hydrogens (tertiary/aromatic N) is 5. The molecule has 0 unspecified atom stereocenters. The second-order valence-corrected chi connectivity index (χ2v) is 4.70. The van der Waals surface area contributed by atoms with E-state index in [1.807, 2.05) is 6.20 Å². The van der Waals surface area contributed by atoms with Crippen molar-refractivity contribution in [1.82, 2.24) is 25.0 Å². The summed E-state index contributed by atoms with van der Waals surface area (Å²) >= 11 is 3.51. The van der Waals surface area contributed by atoms with E-state index in [-0.39, 0.29) is 0 Å². The summed E-state index contributed by atoms with van der Waals surface area (Å²) in [4.78, 5) is 8.41. The lowest BCUT2D eigenvalue weighted by Crippen LogP contribution is -2.13. The van der Waals surface area contributed by atoms with Gasteiger partial charge in [-0.3, -0.25) is 4.68 Å². The standard InChI is InChI=1S/C11H16BrN7/c1-2-3-13-10-9(12)11(16-8-15-10)14-4-6-19-7-5-17-18-19/h5,7-8H,2-4,6H2,1H3,(H2,13,14,15,16). The molecule has 19 heavy (non-hydrogen) atoms. The molecule has 7 nitrogen and oxygen atoms in total. The molecule has 0 bridgehead atoms. The van der Waals surface area contributed by atoms with Gasteiger partial charge in [-0.1, -0.05) is 12.1 Å². The van der Waals surface area contributed by atoms with Crippen molar-refractivity contribution >= 4 is 27.6 Å². The Balaban J connectivity index is 1.92. The Morgan fingerprint density at radius 3 is 2.58 bits per heavy atom. The molecule has 0 saturated heterocycles. The van der Waals surface area contributed by atoms with Gasteiger partial charge in [0.05, 0.1) is 12.7 Å². The number of hydrogen-bond acceptors (Lipinski definition) is 6. The fourth-order valence-corrected chi connectivity index (χ4v) is 1.99. The van der Waals surface area contributed by atoms with Crippen LogP contribution in [0.1, 0.15) is 13.3 Å². The smallest absolute Gasteiger partial charge is 0.146 e. The number of rotatable bonds is 7. The lowest BCUT2D eigenvalue weighted by atomic mass is 10.4. The molecular formula is C11H16BrN7. The largest absolute Gasteiger partial charge is 0.369 e. The van der Waals surface area contributed by atoms with Crippen LogP contribution in [0.4, 0.5) is 11.6 Å². The predicted octanol–water partition coefficient (Wildman–Crippen LogP) is 1.76. The second kappa shape index (κ2) is 7.03. The van der Waals surface area contributed by atoms with Crippen molar-refractivity contribution in [2.45, 2.75) is 19.9 Å². The summed E-state index contributed by atoms with van der Waals surface area (Å²) in [6, 6.07) is 0. The van der Waals surface area contributed by atoms with Crippen molar-refractivity contribution in [1.29, 1.82) is 0 Å². The first-order valence-electron chi connectivity index (χ1n) is 6.13. The van der Waals surface area contributed by atoms with Gasteiger partial charge in [-0.05, 0) is 22.4 Å². The number of aromatic nitrogens is 5. The molecule has 0 aromatic carbocycles. The summed E-state index contributed by atoms with van der Waals surface area (Å²) in [6.07, 6.45) is 6.07. The molecule has 0 saturated carbocycles. The Bertz CT molecular complexity index is 500. The molecule has 2 aromatic rings. The van der Waals surface area contributed by atoms with Gasteiger partial charge >= 0.3 is 0 Å². The molecule has 0 aliphatic rings. The van der Waals surface area contributed by atoms with Gasteiger partial charge in [0.15, 0.2) is 0 Å². The van der Waals surface area contributed by atoms with E-state index in [2.05, 4.69) is 53.8 Å². The second-order valence-electron chi connectivity index (χ2n) is 3.90. The summed E-state index contributed by atoms with van der Waals surface area (Å²) in [5.74, 6) is 1.58. The highest BCUT2D eigenvalue weighted by atomic mass is 79.9. The molecule has 0 atom stereocenters. The zero-order chi connectivity index (χ0) is 13.5. The molecule has 2 aromatic heterocycles. The predicted molar refractivity (Wildman–Crippen MR) is 77.0 cm³/mol. The normalized spacial score (nSPS) is 10.4. The number of nitrogens with one attached hydrogen (secondary N) is 2. The van der Waals surface area contributed by atoms with Crippen LogP contribution in [-0.2, 0) is 6.54 Å². The molecule has 102 valence electrons. The average Bonchev–Trinajstić information content (AvgIpc) is 2.92. The highest BCUT2D eigenvalue weighted by molar-refractivity contribution is 9.10. The van der Waals surface area contributed by atoms with Gasteiger partial charge in [0.1, 0.15) is 22.4 Å². The SMILES string of the molecule is CCCNc1ncnc(NCCn2ccnn2)c1Br. The Morgan fingerprint density at radius 1 is 1.21 bits per heavy atom. The van der Waals surface area contributed by atoms with Gasteiger partial charge in [-0.2, -0.15) is 0 Å². The highest BCUT2D eigenvalue weighted by Gasteiger charge is 2.07. The summed E-state index contributed by atoms with van der Waals surface area (Å²) in [6.45, 7) is 4.44. The maximum atomic E-state index is 4.21. The Labute approximate surface area is 120 Å². The van der Waals surface area contributed by atoms with E-state index in [9.17, 15) is 0 Å². The molecule has 8 heteroatoms.